The van der Waals surface area contributed by atoms with Gasteiger partial charge in [-0.15, -0.1) is 0 Å². The average molecular weight is 624 g/mol. The average Bonchev–Trinajstić information content (AvgIpc) is 3.76. The van der Waals surface area contributed by atoms with Gasteiger partial charge in [-0.3, -0.25) is 19.2 Å². The maximum absolute atomic E-state index is 13.3. The first-order chi connectivity index (χ1) is 21.3. The number of carbonyl (C=O) groups is 2. The van der Waals surface area contributed by atoms with Crippen molar-refractivity contribution in [2.75, 3.05) is 31.5 Å². The normalized spacial score (nSPS) is 17.7. The summed E-state index contributed by atoms with van der Waals surface area (Å²) in [5.41, 5.74) is 0.860. The zero-order valence-electron chi connectivity index (χ0n) is 23.4. The molecule has 2 fully saturated rings. The second-order valence-corrected chi connectivity index (χ2v) is 11.1. The molecule has 0 radical (unpaired) electrons. The van der Waals surface area contributed by atoms with Gasteiger partial charge in [0.2, 0.25) is 11.9 Å². The molecule has 6 rings (SSSR count). The number of aromatic nitrogens is 5. The molecule has 0 bridgehead atoms. The predicted molar refractivity (Wildman–Crippen MR) is 156 cm³/mol. The molecule has 3 aromatic heterocycles. The number of alkyl halides is 2. The van der Waals surface area contributed by atoms with Crippen molar-refractivity contribution in [3.63, 3.8) is 0 Å². The largest absolute Gasteiger partial charge is 0.434 e. The Morgan fingerprint density at radius 2 is 2.02 bits per heavy atom. The molecule has 1 aromatic carbocycles. The van der Waals surface area contributed by atoms with Gasteiger partial charge in [0.1, 0.15) is 23.6 Å². The highest BCUT2D eigenvalue weighted by atomic mass is 35.5. The van der Waals surface area contributed by atoms with Crippen LogP contribution in [0.2, 0.25) is 5.02 Å². The topological polar surface area (TPSA) is 114 Å². The minimum atomic E-state index is -3.11. The number of anilines is 1. The third kappa shape index (κ3) is 6.20. The van der Waals surface area contributed by atoms with Gasteiger partial charge in [-0.2, -0.15) is 19.0 Å². The molecule has 2 saturated heterocycles. The summed E-state index contributed by atoms with van der Waals surface area (Å²) in [7, 11) is 0. The Morgan fingerprint density at radius 1 is 1.20 bits per heavy atom. The summed E-state index contributed by atoms with van der Waals surface area (Å²) in [6.07, 6.45) is 8.52. The van der Waals surface area contributed by atoms with Crippen molar-refractivity contribution in [2.24, 2.45) is 0 Å². The quantitative estimate of drug-likeness (QED) is 0.294. The number of amides is 2. The molecular weight excluding hydrogens is 596 g/mol. The summed E-state index contributed by atoms with van der Waals surface area (Å²) in [4.78, 5) is 38.7. The van der Waals surface area contributed by atoms with Gasteiger partial charge in [-0.25, -0.2) is 16.1 Å². The van der Waals surface area contributed by atoms with E-state index in [1.54, 1.807) is 17.2 Å². The maximum atomic E-state index is 13.3. The summed E-state index contributed by atoms with van der Waals surface area (Å²) < 4.78 is 34.1. The lowest BCUT2D eigenvalue weighted by Crippen LogP contribution is -2.47. The number of benzene rings is 1. The van der Waals surface area contributed by atoms with E-state index in [1.165, 1.54) is 46.0 Å². The molecular formula is C29H28ClF2N9O3. The number of hydrogen-bond donors (Lipinski definition) is 1. The van der Waals surface area contributed by atoms with Crippen LogP contribution in [-0.2, 0) is 11.3 Å². The van der Waals surface area contributed by atoms with Crippen molar-refractivity contribution < 1.29 is 23.1 Å². The summed E-state index contributed by atoms with van der Waals surface area (Å²) in [6, 6.07) is 6.16. The van der Waals surface area contributed by atoms with Crippen molar-refractivity contribution >= 4 is 34.7 Å². The first-order valence-electron chi connectivity index (χ1n) is 14.1. The smallest absolute Gasteiger partial charge is 0.387 e. The van der Waals surface area contributed by atoms with Crippen LogP contribution in [0.3, 0.4) is 0 Å². The fourth-order valence-corrected chi connectivity index (χ4v) is 5.95. The Labute approximate surface area is 256 Å². The van der Waals surface area contributed by atoms with Gasteiger partial charge < -0.3 is 19.8 Å². The van der Waals surface area contributed by atoms with E-state index in [-0.39, 0.29) is 51.8 Å². The first kappa shape index (κ1) is 29.5. The van der Waals surface area contributed by atoms with E-state index in [0.717, 1.165) is 32.4 Å². The third-order valence-electron chi connectivity index (χ3n) is 7.95. The van der Waals surface area contributed by atoms with Gasteiger partial charge in [0.05, 0.1) is 18.4 Å². The van der Waals surface area contributed by atoms with Crippen molar-refractivity contribution in [2.45, 2.75) is 44.5 Å². The van der Waals surface area contributed by atoms with Crippen molar-refractivity contribution in [1.82, 2.24) is 34.2 Å². The minimum absolute atomic E-state index is 0.0496. The second-order valence-electron chi connectivity index (χ2n) is 10.7. The number of likely N-dealkylation sites (tertiary alicyclic amines) is 2. The number of rotatable bonds is 8. The number of ether oxygens (including phenoxy) is 1. The van der Waals surface area contributed by atoms with Gasteiger partial charge >= 0.3 is 6.61 Å². The number of fused-ring (bicyclic) bond motifs is 1. The van der Waals surface area contributed by atoms with Crippen molar-refractivity contribution in [3.8, 4) is 17.0 Å². The van der Waals surface area contributed by atoms with Crippen molar-refractivity contribution in [1.29, 1.82) is 0 Å². The van der Waals surface area contributed by atoms with Crippen LogP contribution in [0.5, 0.6) is 5.75 Å². The zero-order valence-corrected chi connectivity index (χ0v) is 24.2. The van der Waals surface area contributed by atoms with E-state index < -0.39 is 12.5 Å². The highest BCUT2D eigenvalue weighted by molar-refractivity contribution is 6.31. The summed E-state index contributed by atoms with van der Waals surface area (Å²) >= 11 is 6.21. The Bertz CT molecular complexity index is 1730. The number of nitrogens with one attached hydrogen (secondary N) is 1. The van der Waals surface area contributed by atoms with Gasteiger partial charge in [0.15, 0.2) is 5.65 Å². The summed E-state index contributed by atoms with van der Waals surface area (Å²) in [5.74, 6) is -0.926. The predicted octanol–water partition coefficient (Wildman–Crippen LogP) is 4.08. The molecule has 1 N–H and O–H groups in total. The fourth-order valence-electron chi connectivity index (χ4n) is 5.78. The molecule has 2 amide bonds. The third-order valence-corrected chi connectivity index (χ3v) is 8.19. The van der Waals surface area contributed by atoms with E-state index in [9.17, 15) is 18.4 Å². The minimum Gasteiger partial charge on any atom is -0.434 e. The fraction of sp³-hybridized carbons (Fsp3) is 0.379. The van der Waals surface area contributed by atoms with E-state index in [0.29, 0.717) is 24.8 Å². The molecule has 2 aliphatic rings. The molecule has 12 nitrogen and oxygen atoms in total. The van der Waals surface area contributed by atoms with Crippen LogP contribution in [0.4, 0.5) is 14.5 Å². The number of piperidine rings is 1. The van der Waals surface area contributed by atoms with Crippen LogP contribution in [0, 0.1) is 6.57 Å². The van der Waals surface area contributed by atoms with Gasteiger partial charge in [-0.1, -0.05) is 11.6 Å². The number of nitrogens with zero attached hydrogens (tertiary/aromatic N) is 8. The number of hydrogen-bond acceptors (Lipinski definition) is 7. The lowest BCUT2D eigenvalue weighted by atomic mass is 10.0. The van der Waals surface area contributed by atoms with E-state index >= 15 is 0 Å². The number of halogens is 3. The molecule has 5 heterocycles. The Balaban J connectivity index is 1.24. The van der Waals surface area contributed by atoms with Crippen LogP contribution >= 0.6 is 11.6 Å². The molecule has 2 aliphatic heterocycles. The van der Waals surface area contributed by atoms with Crippen LogP contribution in [0.1, 0.15) is 29.6 Å². The van der Waals surface area contributed by atoms with E-state index in [1.807, 2.05) is 0 Å². The SMILES string of the molecule is [C-]#[N+]C1CCN(C2CCN(C(=O)Cn3cc(NC(=O)c4cnn5cccnc45)c(-c4cc(Cl)ccc4OC(F)F)n3)CC2)C1. The van der Waals surface area contributed by atoms with E-state index in [2.05, 4.69) is 30.2 Å². The van der Waals surface area contributed by atoms with Gasteiger partial charge in [0, 0.05) is 61.3 Å². The lowest BCUT2D eigenvalue weighted by molar-refractivity contribution is -0.133. The van der Waals surface area contributed by atoms with Crippen molar-refractivity contribution in [3.05, 3.63) is 71.1 Å². The van der Waals surface area contributed by atoms with Crippen LogP contribution < -0.4 is 10.1 Å². The van der Waals surface area contributed by atoms with Crippen LogP contribution in [0.25, 0.3) is 21.7 Å². The first-order valence-corrected chi connectivity index (χ1v) is 14.5. The van der Waals surface area contributed by atoms with Gasteiger partial charge in [-0.05, 0) is 37.1 Å². The van der Waals surface area contributed by atoms with Crippen LogP contribution in [-0.4, -0.2) is 90.9 Å². The molecule has 1 unspecified atom stereocenters. The summed E-state index contributed by atoms with van der Waals surface area (Å²) in [5, 5.41) is 11.7. The standard InChI is InChI=1S/C29H28ClF2N9O3/c1-33-19-5-10-39(15-19)20-6-11-38(12-7-20)25(42)17-40-16-23(36-28(43)22-14-35-41-9-2-8-34-27(22)41)26(37-40)21-13-18(30)3-4-24(21)44-29(31)32/h2-4,8-9,13-14,16,19-20,29H,5-7,10-12,15,17H2,(H,36,43). The Kier molecular flexibility index (Phi) is 8.40. The molecule has 15 heteroatoms. The summed E-state index contributed by atoms with van der Waals surface area (Å²) in [6.45, 7) is 6.86. The molecule has 1 atom stereocenters. The second kappa shape index (κ2) is 12.6. The number of carbonyl (C=O) groups excluding carboxylic acids is 2. The molecule has 4 aromatic rings. The molecule has 0 spiro atoms. The Morgan fingerprint density at radius 3 is 2.77 bits per heavy atom. The monoisotopic (exact) mass is 623 g/mol. The van der Waals surface area contributed by atoms with Crippen LogP contribution in [0.15, 0.2) is 49.1 Å². The molecule has 0 saturated carbocycles. The Hall–Kier alpha value is -4.61. The highest BCUT2D eigenvalue weighted by Crippen LogP contribution is 2.37. The van der Waals surface area contributed by atoms with Gasteiger partial charge in [0.25, 0.3) is 5.91 Å². The molecule has 0 aliphatic carbocycles. The maximum Gasteiger partial charge on any atom is 0.387 e. The lowest BCUT2D eigenvalue weighted by Gasteiger charge is -2.36. The molecule has 44 heavy (non-hydrogen) atoms. The molecule has 228 valence electrons. The van der Waals surface area contributed by atoms with E-state index in [4.69, 9.17) is 22.9 Å². The zero-order chi connectivity index (χ0) is 30.8. The highest BCUT2D eigenvalue weighted by Gasteiger charge is 2.34.